The molecule has 2 heterocycles. The van der Waals surface area contributed by atoms with Crippen LogP contribution in [0.1, 0.15) is 37.3 Å². The van der Waals surface area contributed by atoms with Crippen molar-refractivity contribution < 1.29 is 18.0 Å². The lowest BCUT2D eigenvalue weighted by Gasteiger charge is -2.26. The number of nitrogens with one attached hydrogen (secondary N) is 1. The maximum atomic E-state index is 13.1. The Kier molecular flexibility index (Phi) is 6.29. The SMILES string of the molecule is CC(=O)N1c2ccc(S(=O)(=O)N3CCCCC3)cc2C[C@H]1C(=O)Nc1ccc(Cl)cc1C. The van der Waals surface area contributed by atoms with Gasteiger partial charge in [-0.25, -0.2) is 8.42 Å². The molecule has 0 aromatic heterocycles. The van der Waals surface area contributed by atoms with Gasteiger partial charge in [0, 0.05) is 42.8 Å². The summed E-state index contributed by atoms with van der Waals surface area (Å²) in [6, 6.07) is 9.17. The maximum absolute atomic E-state index is 13.1. The molecule has 9 heteroatoms. The summed E-state index contributed by atoms with van der Waals surface area (Å²) in [5, 5.41) is 3.45. The molecule has 2 aliphatic rings. The van der Waals surface area contributed by atoms with Crippen LogP contribution >= 0.6 is 11.6 Å². The van der Waals surface area contributed by atoms with Crippen LogP contribution < -0.4 is 10.2 Å². The maximum Gasteiger partial charge on any atom is 0.247 e. The van der Waals surface area contributed by atoms with E-state index in [1.165, 1.54) is 22.2 Å². The van der Waals surface area contributed by atoms with Crippen LogP contribution in [0.2, 0.25) is 5.02 Å². The molecule has 2 amide bonds. The summed E-state index contributed by atoms with van der Waals surface area (Å²) < 4.78 is 27.7. The molecule has 2 aromatic carbocycles. The van der Waals surface area contributed by atoms with Crippen molar-refractivity contribution >= 4 is 44.8 Å². The Bertz CT molecular complexity index is 1180. The number of halogens is 1. The third kappa shape index (κ3) is 4.27. The summed E-state index contributed by atoms with van der Waals surface area (Å²) in [4.78, 5) is 27.2. The molecule has 1 saturated heterocycles. The van der Waals surface area contributed by atoms with Crippen molar-refractivity contribution in [1.82, 2.24) is 4.31 Å². The first-order valence-corrected chi connectivity index (χ1v) is 12.5. The fourth-order valence-electron chi connectivity index (χ4n) is 4.43. The number of rotatable bonds is 4. The van der Waals surface area contributed by atoms with Gasteiger partial charge in [-0.2, -0.15) is 4.31 Å². The fraction of sp³-hybridized carbons (Fsp3) is 0.391. The van der Waals surface area contributed by atoms with E-state index in [4.69, 9.17) is 11.6 Å². The van der Waals surface area contributed by atoms with Crippen LogP contribution in [0.4, 0.5) is 11.4 Å². The smallest absolute Gasteiger partial charge is 0.247 e. The average Bonchev–Trinajstić information content (AvgIpc) is 3.15. The van der Waals surface area contributed by atoms with Crippen LogP contribution in [0, 0.1) is 6.92 Å². The lowest BCUT2D eigenvalue weighted by molar-refractivity contribution is -0.122. The molecule has 1 N–H and O–H groups in total. The molecular formula is C23H26ClN3O4S. The monoisotopic (exact) mass is 475 g/mol. The van der Waals surface area contributed by atoms with Gasteiger partial charge in [0.1, 0.15) is 6.04 Å². The van der Waals surface area contributed by atoms with E-state index < -0.39 is 16.1 Å². The highest BCUT2D eigenvalue weighted by molar-refractivity contribution is 7.89. The largest absolute Gasteiger partial charge is 0.324 e. The number of anilines is 2. The van der Waals surface area contributed by atoms with Crippen LogP contribution in [-0.4, -0.2) is 43.7 Å². The van der Waals surface area contributed by atoms with Gasteiger partial charge in [-0.1, -0.05) is 18.0 Å². The second kappa shape index (κ2) is 8.84. The predicted molar refractivity (Wildman–Crippen MR) is 125 cm³/mol. The minimum absolute atomic E-state index is 0.205. The molecule has 32 heavy (non-hydrogen) atoms. The molecule has 4 rings (SSSR count). The number of hydrogen-bond acceptors (Lipinski definition) is 4. The number of carbonyl (C=O) groups excluding carboxylic acids is 2. The zero-order valence-electron chi connectivity index (χ0n) is 18.1. The zero-order valence-corrected chi connectivity index (χ0v) is 19.7. The van der Waals surface area contributed by atoms with Crippen molar-refractivity contribution in [2.75, 3.05) is 23.3 Å². The van der Waals surface area contributed by atoms with Crippen LogP contribution in [0.5, 0.6) is 0 Å². The molecule has 0 radical (unpaired) electrons. The Morgan fingerprint density at radius 3 is 2.44 bits per heavy atom. The molecule has 1 atom stereocenters. The Balaban J connectivity index is 1.61. The van der Waals surface area contributed by atoms with E-state index in [9.17, 15) is 18.0 Å². The molecule has 1 fully saturated rings. The van der Waals surface area contributed by atoms with E-state index >= 15 is 0 Å². The van der Waals surface area contributed by atoms with E-state index in [1.54, 1.807) is 30.3 Å². The molecule has 0 saturated carbocycles. The van der Waals surface area contributed by atoms with E-state index in [0.29, 0.717) is 35.1 Å². The van der Waals surface area contributed by atoms with Gasteiger partial charge >= 0.3 is 0 Å². The van der Waals surface area contributed by atoms with E-state index in [2.05, 4.69) is 5.32 Å². The Morgan fingerprint density at radius 2 is 1.78 bits per heavy atom. The number of fused-ring (bicyclic) bond motifs is 1. The number of carbonyl (C=O) groups is 2. The Hall–Kier alpha value is -2.42. The third-order valence-electron chi connectivity index (χ3n) is 6.08. The molecule has 0 spiro atoms. The number of piperidine rings is 1. The van der Waals surface area contributed by atoms with Crippen molar-refractivity contribution in [3.05, 3.63) is 52.5 Å². The first-order chi connectivity index (χ1) is 15.2. The number of amides is 2. The normalized spacial score (nSPS) is 19.0. The molecular weight excluding hydrogens is 450 g/mol. The number of benzene rings is 2. The van der Waals surface area contributed by atoms with Crippen molar-refractivity contribution in [3.8, 4) is 0 Å². The first kappa shape index (κ1) is 22.8. The summed E-state index contributed by atoms with van der Waals surface area (Å²) in [7, 11) is -3.60. The Morgan fingerprint density at radius 1 is 1.06 bits per heavy atom. The van der Waals surface area contributed by atoms with Crippen molar-refractivity contribution in [2.45, 2.75) is 50.5 Å². The molecule has 2 aromatic rings. The topological polar surface area (TPSA) is 86.8 Å². The highest BCUT2D eigenvalue weighted by Gasteiger charge is 2.38. The van der Waals surface area contributed by atoms with E-state index in [-0.39, 0.29) is 23.1 Å². The van der Waals surface area contributed by atoms with Crippen LogP contribution in [0.3, 0.4) is 0 Å². The van der Waals surface area contributed by atoms with Crippen molar-refractivity contribution in [1.29, 1.82) is 0 Å². The minimum atomic E-state index is -3.60. The van der Waals surface area contributed by atoms with E-state index in [1.807, 2.05) is 6.92 Å². The second-order valence-electron chi connectivity index (χ2n) is 8.31. The number of aryl methyl sites for hydroxylation is 1. The molecule has 170 valence electrons. The van der Waals surface area contributed by atoms with Gasteiger partial charge in [0.2, 0.25) is 21.8 Å². The summed E-state index contributed by atoms with van der Waals surface area (Å²) in [6.45, 7) is 4.28. The van der Waals surface area contributed by atoms with Crippen LogP contribution in [0.15, 0.2) is 41.3 Å². The van der Waals surface area contributed by atoms with Gasteiger partial charge in [0.05, 0.1) is 4.90 Å². The van der Waals surface area contributed by atoms with Gasteiger partial charge in [-0.15, -0.1) is 0 Å². The van der Waals surface area contributed by atoms with Crippen LogP contribution in [-0.2, 0) is 26.0 Å². The number of hydrogen-bond donors (Lipinski definition) is 1. The summed E-state index contributed by atoms with van der Waals surface area (Å²) in [5.41, 5.74) is 2.67. The summed E-state index contributed by atoms with van der Waals surface area (Å²) >= 11 is 6.00. The quantitative estimate of drug-likeness (QED) is 0.729. The Labute approximate surface area is 193 Å². The predicted octanol–water partition coefficient (Wildman–Crippen LogP) is 3.74. The van der Waals surface area contributed by atoms with E-state index in [0.717, 1.165) is 24.8 Å². The molecule has 0 unspecified atom stereocenters. The lowest BCUT2D eigenvalue weighted by atomic mass is 10.1. The summed E-state index contributed by atoms with van der Waals surface area (Å²) in [6.07, 6.45) is 2.99. The average molecular weight is 476 g/mol. The van der Waals surface area contributed by atoms with Gasteiger partial charge in [0.25, 0.3) is 0 Å². The van der Waals surface area contributed by atoms with Gasteiger partial charge in [-0.05, 0) is 67.3 Å². The van der Waals surface area contributed by atoms with Crippen LogP contribution in [0.25, 0.3) is 0 Å². The highest BCUT2D eigenvalue weighted by atomic mass is 35.5. The second-order valence-corrected chi connectivity index (χ2v) is 10.7. The fourth-order valence-corrected chi connectivity index (χ4v) is 6.22. The van der Waals surface area contributed by atoms with Gasteiger partial charge in [0.15, 0.2) is 0 Å². The highest BCUT2D eigenvalue weighted by Crippen LogP contribution is 2.36. The molecule has 2 aliphatic heterocycles. The van der Waals surface area contributed by atoms with Gasteiger partial charge < -0.3 is 5.32 Å². The van der Waals surface area contributed by atoms with Gasteiger partial charge in [-0.3, -0.25) is 14.5 Å². The standard InChI is InChI=1S/C23H26ClN3O4S/c1-15-12-18(24)6-8-20(15)25-23(29)22-14-17-13-19(7-9-21(17)27(22)16(2)28)32(30,31)26-10-4-3-5-11-26/h6-9,12-13,22H,3-5,10-11,14H2,1-2H3,(H,25,29)/t22-/m0/s1. The third-order valence-corrected chi connectivity index (χ3v) is 8.21. The molecule has 0 aliphatic carbocycles. The zero-order chi connectivity index (χ0) is 23.0. The minimum Gasteiger partial charge on any atom is -0.324 e. The number of sulfonamides is 1. The van der Waals surface area contributed by atoms with Crippen molar-refractivity contribution in [2.24, 2.45) is 0 Å². The lowest BCUT2D eigenvalue weighted by Crippen LogP contribution is -2.44. The molecule has 7 nitrogen and oxygen atoms in total. The summed E-state index contributed by atoms with van der Waals surface area (Å²) in [5.74, 6) is -0.606. The first-order valence-electron chi connectivity index (χ1n) is 10.7. The van der Waals surface area contributed by atoms with Crippen molar-refractivity contribution in [3.63, 3.8) is 0 Å². The molecule has 0 bridgehead atoms. The number of nitrogens with zero attached hydrogens (tertiary/aromatic N) is 2.